The quantitative estimate of drug-likeness (QED) is 0.297. The SMILES string of the molecule is O=C1NC(Sc2ccc([N+](=O)[O-])cc2)=NC1=Cc1ccc2c(c1)Cc1ccccc1-2. The molecular formula is C23H15N3O3S. The number of nitro benzene ring substituents is 1. The highest BCUT2D eigenvalue weighted by Crippen LogP contribution is 2.37. The molecule has 0 atom stereocenters. The third-order valence-electron chi connectivity index (χ3n) is 5.06. The third kappa shape index (κ3) is 3.40. The lowest BCUT2D eigenvalue weighted by molar-refractivity contribution is -0.384. The van der Waals surface area contributed by atoms with E-state index in [9.17, 15) is 14.9 Å². The molecule has 1 N–H and O–H groups in total. The molecule has 0 radical (unpaired) electrons. The zero-order valence-electron chi connectivity index (χ0n) is 15.7. The van der Waals surface area contributed by atoms with Gasteiger partial charge in [-0.2, -0.15) is 0 Å². The predicted octanol–water partition coefficient (Wildman–Crippen LogP) is 4.79. The number of carbonyl (C=O) groups excluding carboxylic acids is 1. The minimum Gasteiger partial charge on any atom is -0.299 e. The van der Waals surface area contributed by atoms with Gasteiger partial charge in [-0.05, 0) is 52.4 Å². The number of amides is 1. The molecule has 30 heavy (non-hydrogen) atoms. The first-order chi connectivity index (χ1) is 14.6. The molecule has 0 saturated carbocycles. The topological polar surface area (TPSA) is 84.6 Å². The summed E-state index contributed by atoms with van der Waals surface area (Å²) in [5.41, 5.74) is 6.36. The molecule has 6 nitrogen and oxygen atoms in total. The summed E-state index contributed by atoms with van der Waals surface area (Å²) in [4.78, 5) is 27.8. The first kappa shape index (κ1) is 18.3. The number of nitrogens with one attached hydrogen (secondary N) is 1. The van der Waals surface area contributed by atoms with Gasteiger partial charge in [0.15, 0.2) is 5.17 Å². The smallest absolute Gasteiger partial charge is 0.275 e. The van der Waals surface area contributed by atoms with E-state index in [1.807, 2.05) is 12.1 Å². The highest BCUT2D eigenvalue weighted by molar-refractivity contribution is 8.14. The number of fused-ring (bicyclic) bond motifs is 3. The van der Waals surface area contributed by atoms with Crippen molar-refractivity contribution in [1.82, 2.24) is 5.32 Å². The highest BCUT2D eigenvalue weighted by atomic mass is 32.2. The van der Waals surface area contributed by atoms with Crippen molar-refractivity contribution in [2.75, 3.05) is 0 Å². The van der Waals surface area contributed by atoms with Crippen LogP contribution in [0.1, 0.15) is 16.7 Å². The molecule has 1 heterocycles. The highest BCUT2D eigenvalue weighted by Gasteiger charge is 2.22. The van der Waals surface area contributed by atoms with Crippen LogP contribution < -0.4 is 5.32 Å². The van der Waals surface area contributed by atoms with Crippen LogP contribution in [0.25, 0.3) is 17.2 Å². The second-order valence-corrected chi connectivity index (χ2v) is 8.07. The van der Waals surface area contributed by atoms with Gasteiger partial charge in [-0.1, -0.05) is 54.2 Å². The summed E-state index contributed by atoms with van der Waals surface area (Å²) >= 11 is 1.26. The molecule has 0 aromatic heterocycles. The van der Waals surface area contributed by atoms with Gasteiger partial charge in [0.2, 0.25) is 0 Å². The fraction of sp³-hybridized carbons (Fsp3) is 0.0435. The van der Waals surface area contributed by atoms with Crippen LogP contribution in [0.5, 0.6) is 0 Å². The number of hydrogen-bond donors (Lipinski definition) is 1. The molecule has 1 aliphatic heterocycles. The fourth-order valence-electron chi connectivity index (χ4n) is 3.66. The minimum atomic E-state index is -0.445. The van der Waals surface area contributed by atoms with Crippen molar-refractivity contribution >= 4 is 34.6 Å². The monoisotopic (exact) mass is 413 g/mol. The predicted molar refractivity (Wildman–Crippen MR) is 117 cm³/mol. The standard InChI is InChI=1S/C23H15N3O3S/c27-22-21(24-23(25-22)30-18-8-6-17(7-9-18)26(28)29)12-14-5-10-20-16(11-14)13-15-3-1-2-4-19(15)20/h1-12H,13H2,(H,24,25,27). The van der Waals surface area contributed by atoms with Crippen molar-refractivity contribution in [2.45, 2.75) is 11.3 Å². The van der Waals surface area contributed by atoms with Gasteiger partial charge < -0.3 is 0 Å². The number of rotatable bonds is 3. The zero-order valence-corrected chi connectivity index (χ0v) is 16.5. The van der Waals surface area contributed by atoms with E-state index in [2.05, 4.69) is 40.6 Å². The maximum absolute atomic E-state index is 12.3. The third-order valence-corrected chi connectivity index (χ3v) is 5.95. The van der Waals surface area contributed by atoms with Crippen molar-refractivity contribution in [3.05, 3.63) is 99.2 Å². The largest absolute Gasteiger partial charge is 0.299 e. The number of nitrogens with zero attached hydrogens (tertiary/aromatic N) is 2. The molecule has 0 spiro atoms. The van der Waals surface area contributed by atoms with Gasteiger partial charge in [-0.3, -0.25) is 20.2 Å². The van der Waals surface area contributed by atoms with Gasteiger partial charge in [0.25, 0.3) is 11.6 Å². The molecule has 0 saturated heterocycles. The maximum atomic E-state index is 12.3. The summed E-state index contributed by atoms with van der Waals surface area (Å²) in [6.45, 7) is 0. The Labute approximate surface area is 176 Å². The van der Waals surface area contributed by atoms with E-state index < -0.39 is 4.92 Å². The Morgan fingerprint density at radius 2 is 1.77 bits per heavy atom. The molecular weight excluding hydrogens is 398 g/mol. The Hall–Kier alpha value is -3.71. The van der Waals surface area contributed by atoms with Gasteiger partial charge in [-0.15, -0.1) is 0 Å². The minimum absolute atomic E-state index is 0.0242. The normalized spacial score (nSPS) is 15.5. The Bertz CT molecular complexity index is 1260. The van der Waals surface area contributed by atoms with Gasteiger partial charge in [0.05, 0.1) is 4.92 Å². The molecule has 7 heteroatoms. The second-order valence-electron chi connectivity index (χ2n) is 7.00. The average molecular weight is 413 g/mol. The van der Waals surface area contributed by atoms with Crippen LogP contribution in [0.15, 0.2) is 82.3 Å². The molecule has 1 amide bonds. The second kappa shape index (κ2) is 7.27. The average Bonchev–Trinajstić information content (AvgIpc) is 3.27. The van der Waals surface area contributed by atoms with Gasteiger partial charge in [0.1, 0.15) is 5.70 Å². The van der Waals surface area contributed by atoms with E-state index in [1.54, 1.807) is 18.2 Å². The number of thioether (sulfide) groups is 1. The summed E-state index contributed by atoms with van der Waals surface area (Å²) in [5, 5.41) is 14.0. The number of nitro groups is 1. The number of benzene rings is 3. The van der Waals surface area contributed by atoms with Gasteiger partial charge >= 0.3 is 0 Å². The summed E-state index contributed by atoms with van der Waals surface area (Å²) in [6, 6.07) is 20.7. The van der Waals surface area contributed by atoms with Crippen LogP contribution in [0, 0.1) is 10.1 Å². The van der Waals surface area contributed by atoms with Crippen LogP contribution in [-0.2, 0) is 11.2 Å². The van der Waals surface area contributed by atoms with Crippen LogP contribution in [-0.4, -0.2) is 16.0 Å². The summed E-state index contributed by atoms with van der Waals surface area (Å²) in [5.74, 6) is -0.261. The summed E-state index contributed by atoms with van der Waals surface area (Å²) in [6.07, 6.45) is 2.67. The number of carbonyl (C=O) groups is 1. The number of amidine groups is 1. The first-order valence-electron chi connectivity index (χ1n) is 9.32. The maximum Gasteiger partial charge on any atom is 0.275 e. The Morgan fingerprint density at radius 1 is 1.00 bits per heavy atom. The molecule has 3 aromatic carbocycles. The van der Waals surface area contributed by atoms with Gasteiger partial charge in [-0.25, -0.2) is 4.99 Å². The van der Waals surface area contributed by atoms with E-state index in [-0.39, 0.29) is 11.6 Å². The van der Waals surface area contributed by atoms with E-state index in [0.717, 1.165) is 16.9 Å². The van der Waals surface area contributed by atoms with Crippen molar-refractivity contribution < 1.29 is 9.72 Å². The number of hydrogen-bond acceptors (Lipinski definition) is 5. The fourth-order valence-corrected chi connectivity index (χ4v) is 4.44. The molecule has 5 rings (SSSR count). The van der Waals surface area contributed by atoms with E-state index in [4.69, 9.17) is 0 Å². The molecule has 0 bridgehead atoms. The lowest BCUT2D eigenvalue weighted by Gasteiger charge is -2.02. The molecule has 2 aliphatic rings. The lowest BCUT2D eigenvalue weighted by atomic mass is 10.0. The summed E-state index contributed by atoms with van der Waals surface area (Å²) < 4.78 is 0. The molecule has 0 fully saturated rings. The van der Waals surface area contributed by atoms with Crippen LogP contribution in [0.4, 0.5) is 5.69 Å². The number of non-ortho nitro benzene ring substituents is 1. The Kier molecular flexibility index (Phi) is 4.44. The molecule has 3 aromatic rings. The first-order valence-corrected chi connectivity index (χ1v) is 10.1. The van der Waals surface area contributed by atoms with E-state index in [1.165, 1.54) is 46.1 Å². The Morgan fingerprint density at radius 3 is 2.57 bits per heavy atom. The van der Waals surface area contributed by atoms with E-state index >= 15 is 0 Å². The summed E-state index contributed by atoms with van der Waals surface area (Å²) in [7, 11) is 0. The van der Waals surface area contributed by atoms with Gasteiger partial charge in [0, 0.05) is 17.0 Å². The molecule has 1 aliphatic carbocycles. The molecule has 0 unspecified atom stereocenters. The van der Waals surface area contributed by atoms with Crippen molar-refractivity contribution in [1.29, 1.82) is 0 Å². The van der Waals surface area contributed by atoms with Crippen molar-refractivity contribution in [2.24, 2.45) is 4.99 Å². The van der Waals surface area contributed by atoms with Crippen LogP contribution in [0.3, 0.4) is 0 Å². The van der Waals surface area contributed by atoms with Crippen molar-refractivity contribution in [3.8, 4) is 11.1 Å². The zero-order chi connectivity index (χ0) is 20.7. The Balaban J connectivity index is 1.37. The van der Waals surface area contributed by atoms with Crippen LogP contribution in [0.2, 0.25) is 0 Å². The molecule has 146 valence electrons. The van der Waals surface area contributed by atoms with E-state index in [0.29, 0.717) is 10.9 Å². The van der Waals surface area contributed by atoms with Crippen molar-refractivity contribution in [3.63, 3.8) is 0 Å². The van der Waals surface area contributed by atoms with Crippen LogP contribution >= 0.6 is 11.8 Å². The lowest BCUT2D eigenvalue weighted by Crippen LogP contribution is -2.21. The number of aliphatic imine (C=N–C) groups is 1.